The molecule has 1 aliphatic heterocycles. The van der Waals surface area contributed by atoms with Crippen molar-refractivity contribution in [2.45, 2.75) is 25.5 Å². The Morgan fingerprint density at radius 3 is 3.29 bits per heavy atom. The lowest BCUT2D eigenvalue weighted by atomic mass is 10.1. The van der Waals surface area contributed by atoms with Crippen LogP contribution in [0.3, 0.4) is 0 Å². The zero-order valence-electron chi connectivity index (χ0n) is 9.70. The Hall–Kier alpha value is -0.980. The summed E-state index contributed by atoms with van der Waals surface area (Å²) in [6.07, 6.45) is 0.100. The Balaban J connectivity index is 2.08. The smallest absolute Gasteiger partial charge is 0.273 e. The average molecular weight is 256 g/mol. The maximum atomic E-state index is 12.2. The van der Waals surface area contributed by atoms with E-state index in [1.54, 1.807) is 22.7 Å². The molecule has 1 fully saturated rings. The molecule has 5 nitrogen and oxygen atoms in total. The van der Waals surface area contributed by atoms with E-state index in [9.17, 15) is 9.90 Å². The number of aliphatic hydroxyl groups is 1. The number of thiazole rings is 1. The molecule has 2 unspecified atom stereocenters. The molecule has 2 rings (SSSR count). The number of hydrogen-bond acceptors (Lipinski definition) is 5. The normalized spacial score (nSPS) is 22.5. The van der Waals surface area contributed by atoms with Gasteiger partial charge in [-0.15, -0.1) is 11.3 Å². The van der Waals surface area contributed by atoms with Crippen LogP contribution in [0.15, 0.2) is 10.9 Å². The van der Waals surface area contributed by atoms with Gasteiger partial charge in [0, 0.05) is 11.9 Å². The minimum atomic E-state index is -0.438. The molecule has 0 bridgehead atoms. The van der Waals surface area contributed by atoms with Crippen molar-refractivity contribution >= 4 is 17.2 Å². The van der Waals surface area contributed by atoms with Crippen molar-refractivity contribution in [1.82, 2.24) is 9.88 Å². The van der Waals surface area contributed by atoms with E-state index >= 15 is 0 Å². The lowest BCUT2D eigenvalue weighted by Crippen LogP contribution is -2.49. The fourth-order valence-electron chi connectivity index (χ4n) is 1.98. The molecule has 0 radical (unpaired) electrons. The molecule has 0 spiro atoms. The molecular formula is C11H16N2O3S. The number of amides is 1. The lowest BCUT2D eigenvalue weighted by Gasteiger charge is -2.35. The first-order chi connectivity index (χ1) is 8.18. The lowest BCUT2D eigenvalue weighted by molar-refractivity contribution is -0.0154. The molecule has 0 saturated carbocycles. The molecule has 1 aliphatic rings. The van der Waals surface area contributed by atoms with Crippen molar-refractivity contribution < 1.29 is 14.6 Å². The largest absolute Gasteiger partial charge is 0.393 e. The summed E-state index contributed by atoms with van der Waals surface area (Å²) in [5, 5.41) is 11.2. The Morgan fingerprint density at radius 1 is 1.82 bits per heavy atom. The summed E-state index contributed by atoms with van der Waals surface area (Å²) in [5.41, 5.74) is 2.13. The zero-order valence-corrected chi connectivity index (χ0v) is 10.5. The highest BCUT2D eigenvalue weighted by atomic mass is 32.1. The highest BCUT2D eigenvalue weighted by Gasteiger charge is 2.29. The Kier molecular flexibility index (Phi) is 4.09. The second-order valence-corrected chi connectivity index (χ2v) is 4.90. The zero-order chi connectivity index (χ0) is 12.3. The van der Waals surface area contributed by atoms with Crippen LogP contribution in [-0.2, 0) is 4.74 Å². The van der Waals surface area contributed by atoms with Gasteiger partial charge in [0.1, 0.15) is 5.69 Å². The highest BCUT2D eigenvalue weighted by molar-refractivity contribution is 7.07. The summed E-state index contributed by atoms with van der Waals surface area (Å²) in [4.78, 5) is 18.0. The second kappa shape index (κ2) is 5.57. The summed E-state index contributed by atoms with van der Waals surface area (Å²) < 4.78 is 5.36. The molecule has 6 heteroatoms. The quantitative estimate of drug-likeness (QED) is 0.867. The van der Waals surface area contributed by atoms with Gasteiger partial charge in [-0.25, -0.2) is 4.98 Å². The summed E-state index contributed by atoms with van der Waals surface area (Å²) in [5.74, 6) is -0.0693. The first kappa shape index (κ1) is 12.5. The maximum Gasteiger partial charge on any atom is 0.273 e. The summed E-state index contributed by atoms with van der Waals surface area (Å²) in [7, 11) is 0. The fraction of sp³-hybridized carbons (Fsp3) is 0.636. The van der Waals surface area contributed by atoms with Gasteiger partial charge in [0.15, 0.2) is 0 Å². The minimum absolute atomic E-state index is 0.0575. The number of morpholine rings is 1. The maximum absolute atomic E-state index is 12.2. The molecule has 94 valence electrons. The predicted molar refractivity (Wildman–Crippen MR) is 64.1 cm³/mol. The third kappa shape index (κ3) is 3.02. The molecule has 0 aromatic carbocycles. The van der Waals surface area contributed by atoms with Crippen LogP contribution in [-0.4, -0.2) is 52.8 Å². The number of aliphatic hydroxyl groups excluding tert-OH is 1. The van der Waals surface area contributed by atoms with Gasteiger partial charge in [-0.05, 0) is 13.3 Å². The second-order valence-electron chi connectivity index (χ2n) is 4.19. The third-order valence-corrected chi connectivity index (χ3v) is 3.34. The molecule has 1 saturated heterocycles. The van der Waals surface area contributed by atoms with Crippen molar-refractivity contribution in [2.24, 2.45) is 0 Å². The van der Waals surface area contributed by atoms with Gasteiger partial charge < -0.3 is 14.7 Å². The number of carbonyl (C=O) groups excluding carboxylic acids is 1. The van der Waals surface area contributed by atoms with Crippen molar-refractivity contribution in [3.63, 3.8) is 0 Å². The summed E-state index contributed by atoms with van der Waals surface area (Å²) in [6, 6.07) is -0.0575. The molecule has 17 heavy (non-hydrogen) atoms. The predicted octanol–water partition coefficient (Wildman–Crippen LogP) is 0.755. The van der Waals surface area contributed by atoms with Crippen LogP contribution in [0.5, 0.6) is 0 Å². The van der Waals surface area contributed by atoms with Gasteiger partial charge in [0.05, 0.1) is 30.9 Å². The van der Waals surface area contributed by atoms with E-state index in [0.717, 1.165) is 0 Å². The number of rotatable bonds is 3. The van der Waals surface area contributed by atoms with E-state index in [-0.39, 0.29) is 11.9 Å². The van der Waals surface area contributed by atoms with Crippen molar-refractivity contribution in [2.75, 3.05) is 19.8 Å². The number of hydrogen-bond donors (Lipinski definition) is 1. The average Bonchev–Trinajstić information content (AvgIpc) is 2.81. The van der Waals surface area contributed by atoms with Crippen molar-refractivity contribution in [3.8, 4) is 0 Å². The molecule has 0 aliphatic carbocycles. The molecular weight excluding hydrogens is 240 g/mol. The van der Waals surface area contributed by atoms with Gasteiger partial charge in [-0.2, -0.15) is 0 Å². The molecule has 2 atom stereocenters. The standard InChI is InChI=1S/C11H16N2O3S/c1-8(14)4-9-5-16-3-2-13(9)11(15)10-6-17-7-12-10/h6-9,14H,2-5H2,1H3. The van der Waals surface area contributed by atoms with Crippen molar-refractivity contribution in [3.05, 3.63) is 16.6 Å². The Morgan fingerprint density at radius 2 is 2.65 bits per heavy atom. The third-order valence-electron chi connectivity index (χ3n) is 2.75. The van der Waals surface area contributed by atoms with E-state index in [2.05, 4.69) is 4.98 Å². The summed E-state index contributed by atoms with van der Waals surface area (Å²) >= 11 is 1.41. The SMILES string of the molecule is CC(O)CC1COCCN1C(=O)c1cscn1. The van der Waals surface area contributed by atoms with E-state index < -0.39 is 6.10 Å². The molecule has 1 aromatic heterocycles. The molecule has 2 heterocycles. The van der Waals surface area contributed by atoms with E-state index in [0.29, 0.717) is 31.9 Å². The number of nitrogens with zero attached hydrogens (tertiary/aromatic N) is 2. The van der Waals surface area contributed by atoms with Crippen LogP contribution < -0.4 is 0 Å². The number of aromatic nitrogens is 1. The van der Waals surface area contributed by atoms with Crippen LogP contribution in [0.1, 0.15) is 23.8 Å². The van der Waals surface area contributed by atoms with Gasteiger partial charge in [-0.1, -0.05) is 0 Å². The first-order valence-electron chi connectivity index (χ1n) is 5.63. The van der Waals surface area contributed by atoms with E-state index in [1.807, 2.05) is 0 Å². The van der Waals surface area contributed by atoms with Crippen LogP contribution in [0.2, 0.25) is 0 Å². The Labute approximate surface area is 104 Å². The molecule has 1 N–H and O–H groups in total. The van der Waals surface area contributed by atoms with Gasteiger partial charge in [0.25, 0.3) is 5.91 Å². The van der Waals surface area contributed by atoms with Crippen molar-refractivity contribution in [1.29, 1.82) is 0 Å². The van der Waals surface area contributed by atoms with E-state index in [1.165, 1.54) is 11.3 Å². The highest BCUT2D eigenvalue weighted by Crippen LogP contribution is 2.16. The van der Waals surface area contributed by atoms with Crippen LogP contribution >= 0.6 is 11.3 Å². The number of ether oxygens (including phenoxy) is 1. The van der Waals surface area contributed by atoms with E-state index in [4.69, 9.17) is 4.74 Å². The monoisotopic (exact) mass is 256 g/mol. The molecule has 1 amide bonds. The first-order valence-corrected chi connectivity index (χ1v) is 6.57. The fourth-order valence-corrected chi connectivity index (χ4v) is 2.50. The van der Waals surface area contributed by atoms with Crippen LogP contribution in [0, 0.1) is 0 Å². The summed E-state index contributed by atoms with van der Waals surface area (Å²) in [6.45, 7) is 3.32. The van der Waals surface area contributed by atoms with Gasteiger partial charge in [-0.3, -0.25) is 4.79 Å². The van der Waals surface area contributed by atoms with Gasteiger partial charge in [0.2, 0.25) is 0 Å². The van der Waals surface area contributed by atoms with Gasteiger partial charge >= 0.3 is 0 Å². The molecule has 1 aromatic rings. The minimum Gasteiger partial charge on any atom is -0.393 e. The topological polar surface area (TPSA) is 62.7 Å². The van der Waals surface area contributed by atoms with Crippen LogP contribution in [0.4, 0.5) is 0 Å². The van der Waals surface area contributed by atoms with Crippen LogP contribution in [0.25, 0.3) is 0 Å². The number of carbonyl (C=O) groups is 1. The Bertz CT molecular complexity index is 367.